The van der Waals surface area contributed by atoms with Crippen molar-refractivity contribution in [2.24, 2.45) is 5.92 Å². The van der Waals surface area contributed by atoms with Crippen molar-refractivity contribution in [1.82, 2.24) is 24.5 Å². The van der Waals surface area contributed by atoms with E-state index in [1.165, 1.54) is 6.33 Å². The average molecular weight is 340 g/mol. The summed E-state index contributed by atoms with van der Waals surface area (Å²) in [5, 5.41) is 0. The van der Waals surface area contributed by atoms with Gasteiger partial charge in [0.1, 0.15) is 12.1 Å². The lowest BCUT2D eigenvalue weighted by atomic mass is 9.96. The number of piperidine rings is 1. The van der Waals surface area contributed by atoms with Gasteiger partial charge >= 0.3 is 5.69 Å². The Hall–Kier alpha value is -2.90. The maximum Gasteiger partial charge on any atom is 0.327 e. The van der Waals surface area contributed by atoms with Crippen LogP contribution >= 0.6 is 0 Å². The van der Waals surface area contributed by atoms with Crippen LogP contribution in [0.2, 0.25) is 0 Å². The standard InChI is InChI=1S/C17H20N6O2/c1-25-15-9-14(19-11-20-15)22-7-4-12(5-8-22)10-23-16-13(21-17(23)24)3-2-6-18-16/h2-3,6,9,11-12H,4-5,7-8,10H2,1H3,(H,21,24). The fourth-order valence-corrected chi connectivity index (χ4v) is 3.38. The van der Waals surface area contributed by atoms with E-state index in [9.17, 15) is 4.79 Å². The number of hydrogen-bond donors (Lipinski definition) is 1. The van der Waals surface area contributed by atoms with E-state index in [-0.39, 0.29) is 5.69 Å². The van der Waals surface area contributed by atoms with Crippen molar-refractivity contribution in [3.63, 3.8) is 0 Å². The second kappa shape index (κ2) is 6.54. The van der Waals surface area contributed by atoms with E-state index in [4.69, 9.17) is 4.74 Å². The first-order valence-corrected chi connectivity index (χ1v) is 8.39. The minimum atomic E-state index is -0.0864. The molecule has 0 amide bonds. The molecule has 130 valence electrons. The second-order valence-corrected chi connectivity index (χ2v) is 6.26. The molecule has 1 N–H and O–H groups in total. The molecular formula is C17H20N6O2. The van der Waals surface area contributed by atoms with E-state index < -0.39 is 0 Å². The third kappa shape index (κ3) is 3.07. The van der Waals surface area contributed by atoms with Crippen LogP contribution in [-0.4, -0.2) is 44.7 Å². The predicted molar refractivity (Wildman–Crippen MR) is 93.9 cm³/mol. The van der Waals surface area contributed by atoms with Gasteiger partial charge in [-0.2, -0.15) is 0 Å². The molecule has 0 radical (unpaired) electrons. The summed E-state index contributed by atoms with van der Waals surface area (Å²) in [6, 6.07) is 5.57. The summed E-state index contributed by atoms with van der Waals surface area (Å²) in [6.07, 6.45) is 5.24. The summed E-state index contributed by atoms with van der Waals surface area (Å²) in [5.41, 5.74) is 1.44. The highest BCUT2D eigenvalue weighted by atomic mass is 16.5. The molecule has 0 saturated carbocycles. The van der Waals surface area contributed by atoms with Crippen LogP contribution in [0, 0.1) is 5.92 Å². The third-order valence-corrected chi connectivity index (χ3v) is 4.75. The molecule has 1 saturated heterocycles. The van der Waals surface area contributed by atoms with Crippen LogP contribution in [0.4, 0.5) is 5.82 Å². The zero-order valence-corrected chi connectivity index (χ0v) is 14.1. The number of imidazole rings is 1. The van der Waals surface area contributed by atoms with Gasteiger partial charge in [-0.05, 0) is 30.9 Å². The molecule has 8 heteroatoms. The minimum Gasteiger partial charge on any atom is -0.481 e. The predicted octanol–water partition coefficient (Wildman–Crippen LogP) is 1.44. The van der Waals surface area contributed by atoms with Crippen molar-refractivity contribution in [2.45, 2.75) is 19.4 Å². The van der Waals surface area contributed by atoms with Gasteiger partial charge in [-0.1, -0.05) is 0 Å². The first-order valence-electron chi connectivity index (χ1n) is 8.39. The molecule has 0 aliphatic carbocycles. The van der Waals surface area contributed by atoms with Crippen molar-refractivity contribution < 1.29 is 4.74 Å². The molecular weight excluding hydrogens is 320 g/mol. The number of hydrogen-bond acceptors (Lipinski definition) is 6. The average Bonchev–Trinajstić information content (AvgIpc) is 2.98. The molecule has 1 fully saturated rings. The molecule has 0 spiro atoms. The Balaban J connectivity index is 1.45. The Morgan fingerprint density at radius 2 is 2.12 bits per heavy atom. The Bertz CT molecular complexity index is 926. The number of fused-ring (bicyclic) bond motifs is 1. The van der Waals surface area contributed by atoms with E-state index >= 15 is 0 Å². The number of nitrogens with zero attached hydrogens (tertiary/aromatic N) is 5. The van der Waals surface area contributed by atoms with E-state index in [1.54, 1.807) is 17.9 Å². The first-order chi connectivity index (χ1) is 12.2. The molecule has 0 unspecified atom stereocenters. The van der Waals surface area contributed by atoms with Crippen molar-refractivity contribution >= 4 is 17.0 Å². The number of aromatic nitrogens is 5. The summed E-state index contributed by atoms with van der Waals surface area (Å²) in [5.74, 6) is 1.90. The van der Waals surface area contributed by atoms with Gasteiger partial charge < -0.3 is 14.6 Å². The van der Waals surface area contributed by atoms with Gasteiger partial charge in [-0.15, -0.1) is 0 Å². The van der Waals surface area contributed by atoms with Gasteiger partial charge in [0.25, 0.3) is 0 Å². The molecule has 0 atom stereocenters. The van der Waals surface area contributed by atoms with Crippen molar-refractivity contribution in [1.29, 1.82) is 0 Å². The number of aromatic amines is 1. The summed E-state index contributed by atoms with van der Waals surface area (Å²) >= 11 is 0. The summed E-state index contributed by atoms with van der Waals surface area (Å²) in [6.45, 7) is 2.49. The molecule has 3 aromatic rings. The van der Waals surface area contributed by atoms with E-state index in [0.29, 0.717) is 18.3 Å². The largest absolute Gasteiger partial charge is 0.481 e. The van der Waals surface area contributed by atoms with E-state index in [1.807, 2.05) is 18.2 Å². The summed E-state index contributed by atoms with van der Waals surface area (Å²) in [4.78, 5) is 30.0. The highest BCUT2D eigenvalue weighted by Gasteiger charge is 2.22. The lowest BCUT2D eigenvalue weighted by Crippen LogP contribution is -2.36. The molecule has 1 aliphatic rings. The smallest absolute Gasteiger partial charge is 0.327 e. The topological polar surface area (TPSA) is 88.9 Å². The van der Waals surface area contributed by atoms with Crippen LogP contribution in [0.25, 0.3) is 11.2 Å². The zero-order chi connectivity index (χ0) is 17.2. The zero-order valence-electron chi connectivity index (χ0n) is 14.1. The maximum atomic E-state index is 12.2. The van der Waals surface area contributed by atoms with Crippen molar-refractivity contribution in [2.75, 3.05) is 25.1 Å². The van der Waals surface area contributed by atoms with Crippen LogP contribution in [0.1, 0.15) is 12.8 Å². The maximum absolute atomic E-state index is 12.2. The van der Waals surface area contributed by atoms with Gasteiger partial charge in [0.05, 0.1) is 12.6 Å². The van der Waals surface area contributed by atoms with Crippen LogP contribution in [-0.2, 0) is 6.54 Å². The summed E-state index contributed by atoms with van der Waals surface area (Å²) < 4.78 is 6.92. The van der Waals surface area contributed by atoms with Crippen LogP contribution in [0.15, 0.2) is 35.5 Å². The van der Waals surface area contributed by atoms with Gasteiger partial charge in [-0.25, -0.2) is 19.7 Å². The number of pyridine rings is 1. The minimum absolute atomic E-state index is 0.0864. The Morgan fingerprint density at radius 3 is 2.92 bits per heavy atom. The lowest BCUT2D eigenvalue weighted by Gasteiger charge is -2.32. The molecule has 0 bridgehead atoms. The number of nitrogens with one attached hydrogen (secondary N) is 1. The third-order valence-electron chi connectivity index (χ3n) is 4.75. The van der Waals surface area contributed by atoms with Gasteiger partial charge in [0.2, 0.25) is 5.88 Å². The Labute approximate surface area is 144 Å². The second-order valence-electron chi connectivity index (χ2n) is 6.26. The van der Waals surface area contributed by atoms with Crippen molar-refractivity contribution in [3.05, 3.63) is 41.2 Å². The first kappa shape index (κ1) is 15.6. The highest BCUT2D eigenvalue weighted by Crippen LogP contribution is 2.24. The fraction of sp³-hybridized carbons (Fsp3) is 0.412. The highest BCUT2D eigenvalue weighted by molar-refractivity contribution is 5.69. The monoisotopic (exact) mass is 340 g/mol. The number of H-pyrrole nitrogens is 1. The van der Waals surface area contributed by atoms with Gasteiger partial charge in [-0.3, -0.25) is 4.57 Å². The lowest BCUT2D eigenvalue weighted by molar-refractivity contribution is 0.354. The van der Waals surface area contributed by atoms with Crippen LogP contribution in [0.3, 0.4) is 0 Å². The SMILES string of the molecule is COc1cc(N2CCC(Cn3c(=O)[nH]c4cccnc43)CC2)ncn1. The number of rotatable bonds is 4. The number of methoxy groups -OCH3 is 1. The number of anilines is 1. The molecule has 25 heavy (non-hydrogen) atoms. The fourth-order valence-electron chi connectivity index (χ4n) is 3.38. The molecule has 0 aromatic carbocycles. The molecule has 4 rings (SSSR count). The van der Waals surface area contributed by atoms with Crippen LogP contribution < -0.4 is 15.3 Å². The van der Waals surface area contributed by atoms with E-state index in [0.717, 1.165) is 42.9 Å². The molecule has 8 nitrogen and oxygen atoms in total. The van der Waals surface area contributed by atoms with Gasteiger partial charge in [0, 0.05) is 31.9 Å². The number of ether oxygens (including phenoxy) is 1. The van der Waals surface area contributed by atoms with E-state index in [2.05, 4.69) is 24.8 Å². The molecule has 4 heterocycles. The Kier molecular flexibility index (Phi) is 4.09. The Morgan fingerprint density at radius 1 is 1.28 bits per heavy atom. The molecule has 1 aliphatic heterocycles. The quantitative estimate of drug-likeness (QED) is 0.773. The summed E-state index contributed by atoms with van der Waals surface area (Å²) in [7, 11) is 1.60. The van der Waals surface area contributed by atoms with Crippen LogP contribution in [0.5, 0.6) is 5.88 Å². The normalized spacial score (nSPS) is 15.6. The van der Waals surface area contributed by atoms with Crippen molar-refractivity contribution in [3.8, 4) is 5.88 Å². The molecule has 3 aromatic heterocycles. The van der Waals surface area contributed by atoms with Gasteiger partial charge in [0.15, 0.2) is 5.65 Å².